The SMILES string of the molecule is CC(=O)N(C)c1ccc2cc3ccccc3cc2c1. The van der Waals surface area contributed by atoms with E-state index in [0.29, 0.717) is 0 Å². The second kappa shape index (κ2) is 4.39. The monoisotopic (exact) mass is 249 g/mol. The summed E-state index contributed by atoms with van der Waals surface area (Å²) >= 11 is 0. The molecule has 94 valence electrons. The Morgan fingerprint density at radius 1 is 0.842 bits per heavy atom. The molecular weight excluding hydrogens is 234 g/mol. The van der Waals surface area contributed by atoms with Crippen molar-refractivity contribution in [1.82, 2.24) is 0 Å². The number of nitrogens with zero attached hydrogens (tertiary/aromatic N) is 1. The van der Waals surface area contributed by atoms with Gasteiger partial charge in [0.2, 0.25) is 5.91 Å². The Morgan fingerprint density at radius 2 is 1.42 bits per heavy atom. The Bertz CT molecular complexity index is 776. The number of amides is 1. The molecule has 3 aromatic rings. The first-order valence-electron chi connectivity index (χ1n) is 6.32. The molecule has 0 unspecified atom stereocenters. The van der Waals surface area contributed by atoms with Crippen LogP contribution in [0.3, 0.4) is 0 Å². The van der Waals surface area contributed by atoms with E-state index in [4.69, 9.17) is 0 Å². The van der Waals surface area contributed by atoms with Gasteiger partial charge in [-0.2, -0.15) is 0 Å². The van der Waals surface area contributed by atoms with E-state index in [1.54, 1.807) is 18.9 Å². The van der Waals surface area contributed by atoms with Crippen molar-refractivity contribution in [3.8, 4) is 0 Å². The summed E-state index contributed by atoms with van der Waals surface area (Å²) in [6, 6.07) is 18.8. The van der Waals surface area contributed by atoms with Gasteiger partial charge < -0.3 is 4.90 Å². The van der Waals surface area contributed by atoms with E-state index in [9.17, 15) is 4.79 Å². The maximum absolute atomic E-state index is 11.4. The van der Waals surface area contributed by atoms with Crippen LogP contribution in [0.4, 0.5) is 5.69 Å². The minimum absolute atomic E-state index is 0.0418. The zero-order valence-electron chi connectivity index (χ0n) is 11.1. The first kappa shape index (κ1) is 11.7. The maximum Gasteiger partial charge on any atom is 0.223 e. The lowest BCUT2D eigenvalue weighted by Gasteiger charge is -2.15. The Hall–Kier alpha value is -2.35. The fraction of sp³-hybridized carbons (Fsp3) is 0.118. The predicted molar refractivity (Wildman–Crippen MR) is 80.5 cm³/mol. The highest BCUT2D eigenvalue weighted by atomic mass is 16.2. The highest BCUT2D eigenvalue weighted by molar-refractivity contribution is 6.01. The van der Waals surface area contributed by atoms with Crippen molar-refractivity contribution in [2.45, 2.75) is 6.92 Å². The smallest absolute Gasteiger partial charge is 0.223 e. The van der Waals surface area contributed by atoms with Crippen molar-refractivity contribution < 1.29 is 4.79 Å². The Balaban J connectivity index is 2.22. The lowest BCUT2D eigenvalue weighted by Crippen LogP contribution is -2.22. The van der Waals surface area contributed by atoms with Gasteiger partial charge in [-0.15, -0.1) is 0 Å². The van der Waals surface area contributed by atoms with Crippen molar-refractivity contribution in [2.75, 3.05) is 11.9 Å². The molecule has 1 amide bonds. The third kappa shape index (κ3) is 2.06. The molecule has 0 saturated carbocycles. The summed E-state index contributed by atoms with van der Waals surface area (Å²) in [5.74, 6) is 0.0418. The van der Waals surface area contributed by atoms with Gasteiger partial charge in [0.05, 0.1) is 0 Å². The van der Waals surface area contributed by atoms with Gasteiger partial charge in [0.1, 0.15) is 0 Å². The van der Waals surface area contributed by atoms with Crippen molar-refractivity contribution >= 4 is 33.1 Å². The third-order valence-corrected chi connectivity index (χ3v) is 3.55. The average molecular weight is 249 g/mol. The standard InChI is InChI=1S/C17H15NO/c1-12(19)18(2)17-8-7-15-9-13-5-3-4-6-14(13)10-16(15)11-17/h3-11H,1-2H3. The summed E-state index contributed by atoms with van der Waals surface area (Å²) in [5, 5.41) is 4.81. The number of anilines is 1. The molecule has 2 nitrogen and oxygen atoms in total. The van der Waals surface area contributed by atoms with Crippen LogP contribution < -0.4 is 4.90 Å². The normalized spacial score (nSPS) is 10.8. The molecule has 0 aliphatic rings. The summed E-state index contributed by atoms with van der Waals surface area (Å²) in [6.45, 7) is 1.57. The van der Waals surface area contributed by atoms with E-state index in [-0.39, 0.29) is 5.91 Å². The van der Waals surface area contributed by atoms with E-state index in [2.05, 4.69) is 36.4 Å². The van der Waals surface area contributed by atoms with Crippen molar-refractivity contribution in [3.63, 3.8) is 0 Å². The van der Waals surface area contributed by atoms with Crippen LogP contribution in [0.2, 0.25) is 0 Å². The largest absolute Gasteiger partial charge is 0.316 e. The van der Waals surface area contributed by atoms with Crippen LogP contribution in [0.15, 0.2) is 54.6 Å². The zero-order valence-corrected chi connectivity index (χ0v) is 11.1. The number of carbonyl (C=O) groups excluding carboxylic acids is 1. The number of hydrogen-bond donors (Lipinski definition) is 0. The highest BCUT2D eigenvalue weighted by Crippen LogP contribution is 2.26. The molecule has 0 heterocycles. The van der Waals surface area contributed by atoms with Crippen LogP contribution in [-0.4, -0.2) is 13.0 Å². The number of carbonyl (C=O) groups is 1. The minimum atomic E-state index is 0.0418. The summed E-state index contributed by atoms with van der Waals surface area (Å²) in [6.07, 6.45) is 0. The number of benzene rings is 3. The Morgan fingerprint density at radius 3 is 2.05 bits per heavy atom. The summed E-state index contributed by atoms with van der Waals surface area (Å²) in [7, 11) is 1.80. The molecule has 0 atom stereocenters. The lowest BCUT2D eigenvalue weighted by molar-refractivity contribution is -0.116. The fourth-order valence-corrected chi connectivity index (χ4v) is 2.32. The molecule has 0 saturated heterocycles. The number of hydrogen-bond acceptors (Lipinski definition) is 1. The van der Waals surface area contributed by atoms with Gasteiger partial charge in [0.15, 0.2) is 0 Å². The highest BCUT2D eigenvalue weighted by Gasteiger charge is 2.06. The molecule has 0 radical (unpaired) electrons. The van der Waals surface area contributed by atoms with Gasteiger partial charge in [-0.3, -0.25) is 4.79 Å². The van der Waals surface area contributed by atoms with Gasteiger partial charge in [0, 0.05) is 19.7 Å². The van der Waals surface area contributed by atoms with Crippen LogP contribution >= 0.6 is 0 Å². The summed E-state index contributed by atoms with van der Waals surface area (Å²) in [5.41, 5.74) is 0.926. The molecule has 0 bridgehead atoms. The molecule has 0 aliphatic carbocycles. The number of fused-ring (bicyclic) bond motifs is 2. The number of rotatable bonds is 1. The second-order valence-electron chi connectivity index (χ2n) is 4.81. The van der Waals surface area contributed by atoms with Crippen LogP contribution in [0, 0.1) is 0 Å². The maximum atomic E-state index is 11.4. The van der Waals surface area contributed by atoms with Crippen LogP contribution in [0.5, 0.6) is 0 Å². The zero-order chi connectivity index (χ0) is 13.4. The van der Waals surface area contributed by atoms with E-state index >= 15 is 0 Å². The Labute approximate surface area is 112 Å². The molecule has 0 fully saturated rings. The van der Waals surface area contributed by atoms with Crippen molar-refractivity contribution in [2.24, 2.45) is 0 Å². The quantitative estimate of drug-likeness (QED) is 0.597. The second-order valence-corrected chi connectivity index (χ2v) is 4.81. The van der Waals surface area contributed by atoms with Gasteiger partial charge in [-0.05, 0) is 45.8 Å². The molecule has 3 rings (SSSR count). The van der Waals surface area contributed by atoms with Crippen LogP contribution in [0.25, 0.3) is 21.5 Å². The van der Waals surface area contributed by atoms with Gasteiger partial charge in [0.25, 0.3) is 0 Å². The topological polar surface area (TPSA) is 20.3 Å². The van der Waals surface area contributed by atoms with Gasteiger partial charge in [-0.25, -0.2) is 0 Å². The van der Waals surface area contributed by atoms with Crippen LogP contribution in [-0.2, 0) is 4.79 Å². The molecule has 19 heavy (non-hydrogen) atoms. The van der Waals surface area contributed by atoms with Gasteiger partial charge >= 0.3 is 0 Å². The first-order valence-corrected chi connectivity index (χ1v) is 6.32. The predicted octanol–water partition coefficient (Wildman–Crippen LogP) is 3.98. The van der Waals surface area contributed by atoms with E-state index < -0.39 is 0 Å². The molecule has 0 spiro atoms. The van der Waals surface area contributed by atoms with Gasteiger partial charge in [-0.1, -0.05) is 30.3 Å². The average Bonchev–Trinajstić information content (AvgIpc) is 2.43. The summed E-state index contributed by atoms with van der Waals surface area (Å²) < 4.78 is 0. The summed E-state index contributed by atoms with van der Waals surface area (Å²) in [4.78, 5) is 13.1. The molecular formula is C17H15NO. The van der Waals surface area contributed by atoms with E-state index in [1.165, 1.54) is 16.2 Å². The van der Waals surface area contributed by atoms with Crippen molar-refractivity contribution in [1.29, 1.82) is 0 Å². The van der Waals surface area contributed by atoms with E-state index in [0.717, 1.165) is 11.1 Å². The molecule has 0 N–H and O–H groups in total. The third-order valence-electron chi connectivity index (χ3n) is 3.55. The van der Waals surface area contributed by atoms with Crippen LogP contribution in [0.1, 0.15) is 6.92 Å². The minimum Gasteiger partial charge on any atom is -0.316 e. The lowest BCUT2D eigenvalue weighted by atomic mass is 10.0. The molecule has 2 heteroatoms. The van der Waals surface area contributed by atoms with Crippen molar-refractivity contribution in [3.05, 3.63) is 54.6 Å². The van der Waals surface area contributed by atoms with E-state index in [1.807, 2.05) is 18.2 Å². The Kier molecular flexibility index (Phi) is 2.71. The molecule has 0 aromatic heterocycles. The molecule has 0 aliphatic heterocycles. The first-order chi connectivity index (χ1) is 9.15. The fourth-order valence-electron chi connectivity index (χ4n) is 2.32. The molecule has 3 aromatic carbocycles.